The molecule has 1 rings (SSSR count). The summed E-state index contributed by atoms with van der Waals surface area (Å²) in [5.41, 5.74) is 0.652. The summed E-state index contributed by atoms with van der Waals surface area (Å²) in [6.07, 6.45) is 0.927. The van der Waals surface area contributed by atoms with Gasteiger partial charge in [-0.15, -0.1) is 0 Å². The van der Waals surface area contributed by atoms with Crippen LogP contribution >= 0.6 is 0 Å². The summed E-state index contributed by atoms with van der Waals surface area (Å²) >= 11 is 0. The maximum absolute atomic E-state index is 9.08. The Bertz CT molecular complexity index is 371. The molecular weight excluding hydrogens is 206 g/mol. The molecule has 4 nitrogen and oxygen atoms in total. The van der Waals surface area contributed by atoms with Crippen molar-refractivity contribution in [2.24, 2.45) is 0 Å². The first-order chi connectivity index (χ1) is 7.81. The zero-order valence-corrected chi connectivity index (χ0v) is 9.27. The molecule has 16 heavy (non-hydrogen) atoms. The Balaban J connectivity index is 2.79. The van der Waals surface area contributed by atoms with Gasteiger partial charge < -0.3 is 14.6 Å². The van der Waals surface area contributed by atoms with E-state index in [1.54, 1.807) is 18.2 Å². The van der Waals surface area contributed by atoms with Crippen molar-refractivity contribution >= 4 is 0 Å². The number of hydrogen-bond acceptors (Lipinski definition) is 4. The molecule has 0 spiro atoms. The van der Waals surface area contributed by atoms with Crippen molar-refractivity contribution in [2.75, 3.05) is 13.2 Å². The minimum Gasteiger partial charge on any atom is -0.493 e. The lowest BCUT2D eigenvalue weighted by molar-refractivity contribution is 0.268. The molecule has 0 amide bonds. The molecular formula is C12H15NO3. The van der Waals surface area contributed by atoms with Crippen LogP contribution in [0.5, 0.6) is 11.5 Å². The summed E-state index contributed by atoms with van der Waals surface area (Å²) < 4.78 is 10.6. The van der Waals surface area contributed by atoms with E-state index < -0.39 is 0 Å². The van der Waals surface area contributed by atoms with Gasteiger partial charge in [0.05, 0.1) is 13.2 Å². The largest absolute Gasteiger partial charge is 0.493 e. The summed E-state index contributed by atoms with van der Waals surface area (Å²) in [7, 11) is 0. The maximum atomic E-state index is 9.08. The quantitative estimate of drug-likeness (QED) is 0.796. The van der Waals surface area contributed by atoms with E-state index in [1.807, 2.05) is 13.0 Å². The Morgan fingerprint density at radius 1 is 1.38 bits per heavy atom. The third kappa shape index (κ3) is 3.44. The molecule has 0 fully saturated rings. The Morgan fingerprint density at radius 2 is 2.19 bits per heavy atom. The van der Waals surface area contributed by atoms with Crippen LogP contribution in [-0.2, 0) is 6.61 Å². The second kappa shape index (κ2) is 6.70. The number of aliphatic hydroxyl groups excluding tert-OH is 1. The van der Waals surface area contributed by atoms with Crippen LogP contribution in [0.15, 0.2) is 18.2 Å². The fourth-order valence-electron chi connectivity index (χ4n) is 1.22. The predicted octanol–water partition coefficient (Wildman–Crippen LogP) is 1.87. The van der Waals surface area contributed by atoms with Crippen molar-refractivity contribution < 1.29 is 14.6 Å². The van der Waals surface area contributed by atoms with E-state index >= 15 is 0 Å². The van der Waals surface area contributed by atoms with Crippen LogP contribution in [0.25, 0.3) is 0 Å². The predicted molar refractivity (Wildman–Crippen MR) is 59.3 cm³/mol. The number of benzene rings is 1. The van der Waals surface area contributed by atoms with Crippen molar-refractivity contribution in [1.82, 2.24) is 0 Å². The molecule has 0 atom stereocenters. The lowest BCUT2D eigenvalue weighted by Crippen LogP contribution is -2.00. The zero-order chi connectivity index (χ0) is 11.8. The van der Waals surface area contributed by atoms with E-state index in [9.17, 15) is 0 Å². The van der Waals surface area contributed by atoms with Crippen molar-refractivity contribution in [2.45, 2.75) is 20.0 Å². The molecule has 86 valence electrons. The first kappa shape index (κ1) is 12.3. The van der Waals surface area contributed by atoms with Crippen molar-refractivity contribution in [3.05, 3.63) is 23.8 Å². The Hall–Kier alpha value is -1.73. The molecule has 1 N–H and O–H groups in total. The molecule has 1 aromatic rings. The van der Waals surface area contributed by atoms with Crippen LogP contribution in [0.3, 0.4) is 0 Å². The van der Waals surface area contributed by atoms with Gasteiger partial charge in [0.2, 0.25) is 0 Å². The van der Waals surface area contributed by atoms with Crippen molar-refractivity contribution in [3.8, 4) is 17.6 Å². The average Bonchev–Trinajstić information content (AvgIpc) is 2.33. The van der Waals surface area contributed by atoms with Crippen LogP contribution < -0.4 is 9.47 Å². The van der Waals surface area contributed by atoms with E-state index in [4.69, 9.17) is 19.8 Å². The van der Waals surface area contributed by atoms with E-state index in [0.29, 0.717) is 23.7 Å². The molecule has 4 heteroatoms. The minimum atomic E-state index is -0.116. The van der Waals surface area contributed by atoms with Gasteiger partial charge in [-0.2, -0.15) is 5.26 Å². The van der Waals surface area contributed by atoms with Crippen LogP contribution in [0.1, 0.15) is 18.9 Å². The number of hydrogen-bond donors (Lipinski definition) is 1. The topological polar surface area (TPSA) is 62.5 Å². The van der Waals surface area contributed by atoms with Gasteiger partial charge in [0, 0.05) is 11.6 Å². The van der Waals surface area contributed by atoms with Gasteiger partial charge in [-0.25, -0.2) is 0 Å². The Labute approximate surface area is 95.0 Å². The molecule has 0 aliphatic rings. The summed E-state index contributed by atoms with van der Waals surface area (Å²) in [5, 5.41) is 17.5. The summed E-state index contributed by atoms with van der Waals surface area (Å²) in [6, 6.07) is 7.09. The SMILES string of the molecule is CCCOc1ccc(CO)c(OCC#N)c1. The van der Waals surface area contributed by atoms with Gasteiger partial charge in [-0.3, -0.25) is 0 Å². The summed E-state index contributed by atoms with van der Waals surface area (Å²) in [5.74, 6) is 1.18. The number of rotatable bonds is 6. The third-order valence-corrected chi connectivity index (χ3v) is 1.97. The highest BCUT2D eigenvalue weighted by Crippen LogP contribution is 2.25. The average molecular weight is 221 g/mol. The molecule has 0 bridgehead atoms. The normalized spacial score (nSPS) is 9.56. The van der Waals surface area contributed by atoms with Gasteiger partial charge >= 0.3 is 0 Å². The number of aliphatic hydroxyl groups is 1. The number of nitrogens with zero attached hydrogens (tertiary/aromatic N) is 1. The van der Waals surface area contributed by atoms with Gasteiger partial charge in [0.15, 0.2) is 6.61 Å². The highest BCUT2D eigenvalue weighted by Gasteiger charge is 2.05. The second-order valence-electron chi connectivity index (χ2n) is 3.22. The van der Waals surface area contributed by atoms with Crippen LogP contribution in [0.2, 0.25) is 0 Å². The molecule has 0 saturated heterocycles. The second-order valence-corrected chi connectivity index (χ2v) is 3.22. The Morgan fingerprint density at radius 3 is 2.81 bits per heavy atom. The molecule has 1 aromatic carbocycles. The third-order valence-electron chi connectivity index (χ3n) is 1.97. The molecule has 0 aromatic heterocycles. The summed E-state index contributed by atoms with van der Waals surface area (Å²) in [4.78, 5) is 0. The number of ether oxygens (including phenoxy) is 2. The first-order valence-corrected chi connectivity index (χ1v) is 5.18. The van der Waals surface area contributed by atoms with Crippen LogP contribution in [0.4, 0.5) is 0 Å². The zero-order valence-electron chi connectivity index (χ0n) is 9.27. The van der Waals surface area contributed by atoms with Crippen LogP contribution in [-0.4, -0.2) is 18.3 Å². The minimum absolute atomic E-state index is 0.0375. The van der Waals surface area contributed by atoms with E-state index in [-0.39, 0.29) is 13.2 Å². The van der Waals surface area contributed by atoms with Crippen molar-refractivity contribution in [1.29, 1.82) is 5.26 Å². The van der Waals surface area contributed by atoms with Gasteiger partial charge in [0.25, 0.3) is 0 Å². The van der Waals surface area contributed by atoms with Gasteiger partial charge in [-0.05, 0) is 18.6 Å². The highest BCUT2D eigenvalue weighted by molar-refractivity contribution is 5.40. The fraction of sp³-hybridized carbons (Fsp3) is 0.417. The molecule has 0 aliphatic carbocycles. The van der Waals surface area contributed by atoms with E-state index in [2.05, 4.69) is 0 Å². The maximum Gasteiger partial charge on any atom is 0.174 e. The highest BCUT2D eigenvalue weighted by atomic mass is 16.5. The molecule has 0 unspecified atom stereocenters. The fourth-order valence-corrected chi connectivity index (χ4v) is 1.22. The van der Waals surface area contributed by atoms with Gasteiger partial charge in [-0.1, -0.05) is 6.92 Å². The monoisotopic (exact) mass is 221 g/mol. The van der Waals surface area contributed by atoms with Crippen molar-refractivity contribution in [3.63, 3.8) is 0 Å². The van der Waals surface area contributed by atoms with E-state index in [1.165, 1.54) is 0 Å². The standard InChI is InChI=1S/C12H15NO3/c1-2-6-15-11-4-3-10(9-14)12(8-11)16-7-5-13/h3-4,8,14H,2,6-7,9H2,1H3. The first-order valence-electron chi connectivity index (χ1n) is 5.18. The van der Waals surface area contributed by atoms with Gasteiger partial charge in [0.1, 0.15) is 17.6 Å². The summed E-state index contributed by atoms with van der Waals surface area (Å²) in [6.45, 7) is 2.50. The molecule has 0 aliphatic heterocycles. The lowest BCUT2D eigenvalue weighted by Gasteiger charge is -2.10. The smallest absolute Gasteiger partial charge is 0.174 e. The molecule has 0 radical (unpaired) electrons. The van der Waals surface area contributed by atoms with E-state index in [0.717, 1.165) is 6.42 Å². The molecule has 0 saturated carbocycles. The number of nitriles is 1. The Kier molecular flexibility index (Phi) is 5.17. The van der Waals surface area contributed by atoms with Crippen LogP contribution in [0, 0.1) is 11.3 Å². The lowest BCUT2D eigenvalue weighted by atomic mass is 10.2. The molecule has 0 heterocycles.